The first-order valence-electron chi connectivity index (χ1n) is 6.38. The van der Waals surface area contributed by atoms with Crippen molar-refractivity contribution in [2.75, 3.05) is 4.90 Å². The minimum Gasteiger partial charge on any atom is -0.309 e. The lowest BCUT2D eigenvalue weighted by Gasteiger charge is -2.27. The molecule has 108 valence electrons. The second-order valence-corrected chi connectivity index (χ2v) is 6.06. The van der Waals surface area contributed by atoms with Crippen molar-refractivity contribution in [1.82, 2.24) is 4.98 Å². The lowest BCUT2D eigenvalue weighted by molar-refractivity contribution is 0.579. The van der Waals surface area contributed by atoms with Crippen molar-refractivity contribution in [1.29, 1.82) is 0 Å². The van der Waals surface area contributed by atoms with Crippen LogP contribution in [0.15, 0.2) is 29.8 Å². The molecule has 1 aliphatic rings. The molecule has 2 aromatic rings. The van der Waals surface area contributed by atoms with Gasteiger partial charge in [0.15, 0.2) is 5.82 Å². The Hall–Kier alpha value is -2.08. The van der Waals surface area contributed by atoms with Crippen LogP contribution in [-0.2, 0) is 6.54 Å². The third-order valence-corrected chi connectivity index (χ3v) is 4.19. The van der Waals surface area contributed by atoms with E-state index in [0.717, 1.165) is 21.8 Å². The summed E-state index contributed by atoms with van der Waals surface area (Å²) < 4.78 is 26.6. The van der Waals surface area contributed by atoms with Crippen LogP contribution in [0.25, 0.3) is 5.70 Å². The molecule has 6 heteroatoms. The molecular formula is C15H13F2N3S. The highest BCUT2D eigenvalue weighted by Gasteiger charge is 2.25. The van der Waals surface area contributed by atoms with Crippen LogP contribution in [0.3, 0.4) is 0 Å². The average molecular weight is 305 g/mol. The number of hydrogen-bond acceptors (Lipinski definition) is 4. The van der Waals surface area contributed by atoms with Crippen molar-refractivity contribution in [2.24, 2.45) is 4.99 Å². The third-order valence-electron chi connectivity index (χ3n) is 3.18. The first-order chi connectivity index (χ1) is 9.94. The zero-order valence-electron chi connectivity index (χ0n) is 11.7. The van der Waals surface area contributed by atoms with Gasteiger partial charge >= 0.3 is 0 Å². The van der Waals surface area contributed by atoms with Crippen LogP contribution >= 0.6 is 11.3 Å². The van der Waals surface area contributed by atoms with Gasteiger partial charge in [-0.15, -0.1) is 11.3 Å². The fourth-order valence-corrected chi connectivity index (χ4v) is 3.16. The van der Waals surface area contributed by atoms with Crippen molar-refractivity contribution < 1.29 is 8.78 Å². The van der Waals surface area contributed by atoms with E-state index in [-0.39, 0.29) is 0 Å². The Kier molecular flexibility index (Phi) is 3.33. The molecule has 2 heterocycles. The molecule has 0 atom stereocenters. The highest BCUT2D eigenvalue weighted by Crippen LogP contribution is 2.36. The minimum absolute atomic E-state index is 0.313. The molecule has 0 radical (unpaired) electrons. The molecular weight excluding hydrogens is 292 g/mol. The predicted molar refractivity (Wildman–Crippen MR) is 81.5 cm³/mol. The fourth-order valence-electron chi connectivity index (χ4n) is 2.32. The van der Waals surface area contributed by atoms with Gasteiger partial charge in [0.2, 0.25) is 0 Å². The SMILES string of the molecule is C=C1N=C(C)N(Cc2cc(F)cc(F)c2)c2nc(C)sc21. The normalized spacial score (nSPS) is 14.2. The monoisotopic (exact) mass is 305 g/mol. The molecule has 0 bridgehead atoms. The summed E-state index contributed by atoms with van der Waals surface area (Å²) in [5, 5.41) is 0.904. The van der Waals surface area contributed by atoms with Crippen molar-refractivity contribution in [3.05, 3.63) is 51.9 Å². The molecule has 3 nitrogen and oxygen atoms in total. The molecule has 1 aromatic carbocycles. The number of thiazole rings is 1. The summed E-state index contributed by atoms with van der Waals surface area (Å²) in [6.07, 6.45) is 0. The molecule has 0 amide bonds. The van der Waals surface area contributed by atoms with Gasteiger partial charge in [0.25, 0.3) is 0 Å². The van der Waals surface area contributed by atoms with Crippen molar-refractivity contribution in [2.45, 2.75) is 20.4 Å². The lowest BCUT2D eigenvalue weighted by Crippen LogP contribution is -2.31. The Bertz CT molecular complexity index is 744. The van der Waals surface area contributed by atoms with E-state index in [9.17, 15) is 8.78 Å². The molecule has 0 unspecified atom stereocenters. The summed E-state index contributed by atoms with van der Waals surface area (Å²) in [5.41, 5.74) is 1.21. The molecule has 0 spiro atoms. The Morgan fingerprint density at radius 1 is 1.19 bits per heavy atom. The number of benzene rings is 1. The van der Waals surface area contributed by atoms with Gasteiger partial charge in [-0.3, -0.25) is 0 Å². The maximum atomic E-state index is 13.3. The first-order valence-corrected chi connectivity index (χ1v) is 7.20. The van der Waals surface area contributed by atoms with Gasteiger partial charge in [0, 0.05) is 6.07 Å². The molecule has 0 fully saturated rings. The molecule has 0 aliphatic carbocycles. The highest BCUT2D eigenvalue weighted by molar-refractivity contribution is 7.13. The Morgan fingerprint density at radius 3 is 2.52 bits per heavy atom. The highest BCUT2D eigenvalue weighted by atomic mass is 32.1. The van der Waals surface area contributed by atoms with Crippen LogP contribution in [0.4, 0.5) is 14.6 Å². The molecule has 0 saturated carbocycles. The maximum absolute atomic E-state index is 13.3. The summed E-state index contributed by atoms with van der Waals surface area (Å²) >= 11 is 1.51. The summed E-state index contributed by atoms with van der Waals surface area (Å²) in [6, 6.07) is 3.50. The number of aliphatic imine (C=N–C) groups is 1. The van der Waals surface area contributed by atoms with Gasteiger partial charge < -0.3 is 4.90 Å². The second-order valence-electron chi connectivity index (χ2n) is 4.86. The van der Waals surface area contributed by atoms with Gasteiger partial charge in [0.05, 0.1) is 22.1 Å². The molecule has 1 aromatic heterocycles. The molecule has 3 rings (SSSR count). The van der Waals surface area contributed by atoms with Gasteiger partial charge in [0.1, 0.15) is 17.5 Å². The predicted octanol–water partition coefficient (Wildman–Crippen LogP) is 4.14. The van der Waals surface area contributed by atoms with E-state index in [1.807, 2.05) is 18.7 Å². The average Bonchev–Trinajstić information content (AvgIpc) is 2.75. The number of halogens is 2. The van der Waals surface area contributed by atoms with E-state index in [2.05, 4.69) is 16.6 Å². The quantitative estimate of drug-likeness (QED) is 0.834. The zero-order valence-corrected chi connectivity index (χ0v) is 12.5. The van der Waals surface area contributed by atoms with E-state index in [4.69, 9.17) is 0 Å². The lowest BCUT2D eigenvalue weighted by atomic mass is 10.2. The number of hydrogen-bond donors (Lipinski definition) is 0. The van der Waals surface area contributed by atoms with Gasteiger partial charge in [-0.25, -0.2) is 18.8 Å². The van der Waals surface area contributed by atoms with E-state index < -0.39 is 11.6 Å². The Morgan fingerprint density at radius 2 is 1.86 bits per heavy atom. The fraction of sp³-hybridized carbons (Fsp3) is 0.200. The van der Waals surface area contributed by atoms with Gasteiger partial charge in [-0.1, -0.05) is 6.58 Å². The number of aromatic nitrogens is 1. The van der Waals surface area contributed by atoms with Crippen LogP contribution in [0.1, 0.15) is 22.4 Å². The van der Waals surface area contributed by atoms with Crippen LogP contribution in [-0.4, -0.2) is 10.8 Å². The van der Waals surface area contributed by atoms with Crippen LogP contribution in [0, 0.1) is 18.6 Å². The van der Waals surface area contributed by atoms with E-state index in [1.54, 1.807) is 0 Å². The second kappa shape index (κ2) is 5.04. The Balaban J connectivity index is 2.00. The van der Waals surface area contributed by atoms with Crippen LogP contribution < -0.4 is 4.90 Å². The topological polar surface area (TPSA) is 28.5 Å². The number of rotatable bonds is 2. The molecule has 21 heavy (non-hydrogen) atoms. The summed E-state index contributed by atoms with van der Waals surface area (Å²) in [4.78, 5) is 11.6. The number of nitrogens with zero attached hydrogens (tertiary/aromatic N) is 3. The van der Waals surface area contributed by atoms with Gasteiger partial charge in [-0.2, -0.15) is 0 Å². The number of aryl methyl sites for hydroxylation is 1. The number of amidine groups is 1. The van der Waals surface area contributed by atoms with Crippen molar-refractivity contribution in [3.8, 4) is 0 Å². The zero-order chi connectivity index (χ0) is 15.1. The molecule has 0 N–H and O–H groups in total. The third kappa shape index (κ3) is 2.58. The standard InChI is InChI=1S/C15H13F2N3S/c1-8-14-15(19-10(3)21-14)20(9(2)18-8)7-11-4-12(16)6-13(17)5-11/h4-6H,1,7H2,2-3H3. The van der Waals surface area contributed by atoms with E-state index >= 15 is 0 Å². The Labute approximate surface area is 125 Å². The number of fused-ring (bicyclic) bond motifs is 1. The maximum Gasteiger partial charge on any atom is 0.155 e. The number of anilines is 1. The summed E-state index contributed by atoms with van der Waals surface area (Å²) in [7, 11) is 0. The van der Waals surface area contributed by atoms with Crippen LogP contribution in [0.2, 0.25) is 0 Å². The van der Waals surface area contributed by atoms with Gasteiger partial charge in [-0.05, 0) is 31.5 Å². The van der Waals surface area contributed by atoms with E-state index in [1.165, 1.54) is 23.5 Å². The molecule has 1 aliphatic heterocycles. The van der Waals surface area contributed by atoms with Crippen molar-refractivity contribution >= 4 is 28.7 Å². The summed E-state index contributed by atoms with van der Waals surface area (Å²) in [5.74, 6) is 0.286. The largest absolute Gasteiger partial charge is 0.309 e. The smallest absolute Gasteiger partial charge is 0.155 e. The molecule has 0 saturated heterocycles. The van der Waals surface area contributed by atoms with Crippen LogP contribution in [0.5, 0.6) is 0 Å². The first kappa shape index (κ1) is 13.9. The minimum atomic E-state index is -0.587. The van der Waals surface area contributed by atoms with E-state index in [0.29, 0.717) is 23.6 Å². The van der Waals surface area contributed by atoms with Crippen molar-refractivity contribution in [3.63, 3.8) is 0 Å². The summed E-state index contributed by atoms with van der Waals surface area (Å²) in [6.45, 7) is 7.98.